The quantitative estimate of drug-likeness (QED) is 0.532. The predicted molar refractivity (Wildman–Crippen MR) is 100 cm³/mol. The summed E-state index contributed by atoms with van der Waals surface area (Å²) >= 11 is 0. The third kappa shape index (κ3) is 2.88. The lowest BCUT2D eigenvalue weighted by Gasteiger charge is -2.23. The van der Waals surface area contributed by atoms with Crippen LogP contribution in [-0.4, -0.2) is 32.9 Å². The van der Waals surface area contributed by atoms with Crippen molar-refractivity contribution >= 4 is 11.0 Å². The van der Waals surface area contributed by atoms with Crippen molar-refractivity contribution in [3.05, 3.63) is 78.0 Å². The second-order valence-electron chi connectivity index (χ2n) is 7.08. The predicted octanol–water partition coefficient (Wildman–Crippen LogP) is 3.51. The number of benzene rings is 2. The average molecular weight is 378 g/mol. The van der Waals surface area contributed by atoms with Crippen LogP contribution in [-0.2, 0) is 23.1 Å². The molecule has 0 aliphatic carbocycles. The van der Waals surface area contributed by atoms with E-state index in [4.69, 9.17) is 9.26 Å². The van der Waals surface area contributed by atoms with Crippen LogP contribution < -0.4 is 0 Å². The zero-order valence-electron chi connectivity index (χ0n) is 15.2. The van der Waals surface area contributed by atoms with Gasteiger partial charge in [0.15, 0.2) is 5.82 Å². The zero-order chi connectivity index (χ0) is 19.0. The molecule has 0 amide bonds. The molecule has 0 bridgehead atoms. The Bertz CT molecular complexity index is 1100. The molecule has 1 saturated heterocycles. The van der Waals surface area contributed by atoms with Crippen LogP contribution in [0.4, 0.5) is 4.39 Å². The fourth-order valence-corrected chi connectivity index (χ4v) is 3.82. The van der Waals surface area contributed by atoms with Gasteiger partial charge in [0, 0.05) is 19.6 Å². The highest BCUT2D eigenvalue weighted by Crippen LogP contribution is 2.38. The Morgan fingerprint density at radius 2 is 1.96 bits per heavy atom. The number of aromatic nitrogens is 4. The fourth-order valence-electron chi connectivity index (χ4n) is 3.82. The Labute approximate surface area is 161 Å². The maximum atomic E-state index is 13.4. The van der Waals surface area contributed by atoms with Gasteiger partial charge in [-0.05, 0) is 36.2 Å². The standard InChI is InChI=1S/C21H19FN4O2/c22-16-7-5-15(6-8-16)21(10-12-27-13-21)20-24-19(28-25-20)9-11-26-14-23-17-3-1-2-4-18(17)26/h1-8,14H,9-13H2/t21-/m1/s1. The van der Waals surface area contributed by atoms with Crippen LogP contribution >= 0.6 is 0 Å². The number of rotatable bonds is 5. The van der Waals surface area contributed by atoms with Crippen molar-refractivity contribution < 1.29 is 13.7 Å². The number of ether oxygens (including phenoxy) is 1. The number of fused-ring (bicyclic) bond motifs is 1. The highest BCUT2D eigenvalue weighted by molar-refractivity contribution is 5.74. The van der Waals surface area contributed by atoms with Crippen LogP contribution in [0.25, 0.3) is 11.0 Å². The summed E-state index contributed by atoms with van der Waals surface area (Å²) in [5.74, 6) is 0.905. The number of hydrogen-bond donors (Lipinski definition) is 0. The second-order valence-corrected chi connectivity index (χ2v) is 7.08. The number of nitrogens with zero attached hydrogens (tertiary/aromatic N) is 4. The third-order valence-electron chi connectivity index (χ3n) is 5.41. The SMILES string of the molecule is Fc1ccc([C@@]2(c3noc(CCn4cnc5ccccc54)n3)CCOC2)cc1. The van der Waals surface area contributed by atoms with Gasteiger partial charge < -0.3 is 13.8 Å². The van der Waals surface area contributed by atoms with Gasteiger partial charge in [0.1, 0.15) is 5.82 Å². The number of aryl methyl sites for hydroxylation is 2. The van der Waals surface area contributed by atoms with E-state index in [1.54, 1.807) is 12.1 Å². The van der Waals surface area contributed by atoms with Crippen molar-refractivity contribution in [3.8, 4) is 0 Å². The molecule has 0 radical (unpaired) electrons. The first-order valence-corrected chi connectivity index (χ1v) is 9.31. The van der Waals surface area contributed by atoms with Crippen LogP contribution in [0, 0.1) is 5.82 Å². The van der Waals surface area contributed by atoms with Crippen molar-refractivity contribution in [2.45, 2.75) is 24.8 Å². The highest BCUT2D eigenvalue weighted by Gasteiger charge is 2.42. The van der Waals surface area contributed by atoms with Crippen molar-refractivity contribution in [3.63, 3.8) is 0 Å². The Morgan fingerprint density at radius 3 is 2.79 bits per heavy atom. The topological polar surface area (TPSA) is 66.0 Å². The van der Waals surface area contributed by atoms with E-state index in [2.05, 4.69) is 19.7 Å². The van der Waals surface area contributed by atoms with Crippen LogP contribution in [0.1, 0.15) is 23.7 Å². The van der Waals surface area contributed by atoms with Gasteiger partial charge in [-0.15, -0.1) is 0 Å². The van der Waals surface area contributed by atoms with Gasteiger partial charge in [-0.25, -0.2) is 9.37 Å². The Hall–Kier alpha value is -3.06. The smallest absolute Gasteiger partial charge is 0.228 e. The maximum absolute atomic E-state index is 13.4. The molecule has 1 atom stereocenters. The monoisotopic (exact) mass is 378 g/mol. The fraction of sp³-hybridized carbons (Fsp3) is 0.286. The van der Waals surface area contributed by atoms with E-state index in [0.717, 1.165) is 23.0 Å². The number of hydrogen-bond acceptors (Lipinski definition) is 5. The van der Waals surface area contributed by atoms with Crippen molar-refractivity contribution in [1.82, 2.24) is 19.7 Å². The van der Waals surface area contributed by atoms with E-state index in [9.17, 15) is 4.39 Å². The van der Waals surface area contributed by atoms with E-state index in [0.29, 0.717) is 37.9 Å². The maximum Gasteiger partial charge on any atom is 0.228 e. The molecule has 5 rings (SSSR count). The first kappa shape index (κ1) is 17.1. The van der Waals surface area contributed by atoms with Crippen LogP contribution in [0.15, 0.2) is 59.4 Å². The molecule has 4 aromatic rings. The zero-order valence-corrected chi connectivity index (χ0v) is 15.2. The molecule has 1 aliphatic rings. The summed E-state index contributed by atoms with van der Waals surface area (Å²) in [7, 11) is 0. The minimum absolute atomic E-state index is 0.265. The molecular weight excluding hydrogens is 359 g/mol. The molecule has 2 aromatic carbocycles. The summed E-state index contributed by atoms with van der Waals surface area (Å²) in [5.41, 5.74) is 2.50. The van der Waals surface area contributed by atoms with E-state index in [1.807, 2.05) is 30.6 Å². The van der Waals surface area contributed by atoms with E-state index < -0.39 is 5.41 Å². The lowest BCUT2D eigenvalue weighted by atomic mass is 9.79. The van der Waals surface area contributed by atoms with Gasteiger partial charge in [-0.2, -0.15) is 4.98 Å². The molecule has 1 aliphatic heterocycles. The average Bonchev–Trinajstić information content (AvgIpc) is 3.46. The molecule has 0 spiro atoms. The molecule has 2 aromatic heterocycles. The second kappa shape index (κ2) is 6.83. The molecule has 28 heavy (non-hydrogen) atoms. The Kier molecular flexibility index (Phi) is 4.16. The first-order valence-electron chi connectivity index (χ1n) is 9.31. The third-order valence-corrected chi connectivity index (χ3v) is 5.41. The van der Waals surface area contributed by atoms with Gasteiger partial charge in [0.05, 0.1) is 29.4 Å². The lowest BCUT2D eigenvalue weighted by Crippen LogP contribution is -2.29. The lowest BCUT2D eigenvalue weighted by molar-refractivity contribution is 0.182. The molecular formula is C21H19FN4O2. The largest absolute Gasteiger partial charge is 0.380 e. The first-order chi connectivity index (χ1) is 13.7. The molecule has 0 unspecified atom stereocenters. The summed E-state index contributed by atoms with van der Waals surface area (Å²) in [6, 6.07) is 14.5. The normalized spacial score (nSPS) is 19.5. The molecule has 7 heteroatoms. The van der Waals surface area contributed by atoms with Crippen LogP contribution in [0.5, 0.6) is 0 Å². The van der Waals surface area contributed by atoms with E-state index in [-0.39, 0.29) is 5.82 Å². The van der Waals surface area contributed by atoms with Crippen molar-refractivity contribution in [2.75, 3.05) is 13.2 Å². The number of halogens is 1. The highest BCUT2D eigenvalue weighted by atomic mass is 19.1. The Balaban J connectivity index is 1.39. The van der Waals surface area contributed by atoms with Gasteiger partial charge in [-0.3, -0.25) is 0 Å². The summed E-state index contributed by atoms with van der Waals surface area (Å²) in [6.45, 7) is 1.77. The Morgan fingerprint density at radius 1 is 1.11 bits per heavy atom. The molecule has 0 saturated carbocycles. The van der Waals surface area contributed by atoms with Gasteiger partial charge in [0.25, 0.3) is 0 Å². The van der Waals surface area contributed by atoms with Gasteiger partial charge >= 0.3 is 0 Å². The van der Waals surface area contributed by atoms with Crippen molar-refractivity contribution in [2.24, 2.45) is 0 Å². The molecule has 0 N–H and O–H groups in total. The van der Waals surface area contributed by atoms with Gasteiger partial charge in [-0.1, -0.05) is 29.4 Å². The van der Waals surface area contributed by atoms with Crippen LogP contribution in [0.2, 0.25) is 0 Å². The summed E-state index contributed by atoms with van der Waals surface area (Å²) in [6.07, 6.45) is 3.17. The summed E-state index contributed by atoms with van der Waals surface area (Å²) in [5, 5.41) is 4.25. The molecule has 3 heterocycles. The number of imidazole rings is 1. The minimum Gasteiger partial charge on any atom is -0.380 e. The van der Waals surface area contributed by atoms with Crippen LogP contribution in [0.3, 0.4) is 0 Å². The molecule has 6 nitrogen and oxygen atoms in total. The van der Waals surface area contributed by atoms with E-state index >= 15 is 0 Å². The van der Waals surface area contributed by atoms with Crippen molar-refractivity contribution in [1.29, 1.82) is 0 Å². The summed E-state index contributed by atoms with van der Waals surface area (Å²) < 4.78 is 26.6. The number of para-hydroxylation sites is 2. The molecule has 1 fully saturated rings. The van der Waals surface area contributed by atoms with E-state index in [1.165, 1.54) is 12.1 Å². The minimum atomic E-state index is -0.489. The molecule has 142 valence electrons. The van der Waals surface area contributed by atoms with Gasteiger partial charge in [0.2, 0.25) is 5.89 Å². The summed E-state index contributed by atoms with van der Waals surface area (Å²) in [4.78, 5) is 9.06.